The van der Waals surface area contributed by atoms with Gasteiger partial charge in [0.25, 0.3) is 5.78 Å². The second-order valence-electron chi connectivity index (χ2n) is 5.09. The van der Waals surface area contributed by atoms with Crippen molar-refractivity contribution >= 4 is 5.78 Å². The zero-order chi connectivity index (χ0) is 14.7. The number of aryl methyl sites for hydroxylation is 1. The van der Waals surface area contributed by atoms with Gasteiger partial charge in [-0.15, -0.1) is 0 Å². The van der Waals surface area contributed by atoms with Crippen LogP contribution >= 0.6 is 0 Å². The minimum absolute atomic E-state index is 0.255. The average Bonchev–Trinajstić information content (AvgIpc) is 2.96. The Morgan fingerprint density at radius 3 is 2.81 bits per heavy atom. The third-order valence-corrected chi connectivity index (χ3v) is 3.52. The van der Waals surface area contributed by atoms with Crippen LogP contribution in [-0.2, 0) is 6.42 Å². The maximum atomic E-state index is 4.39. The summed E-state index contributed by atoms with van der Waals surface area (Å²) >= 11 is 0. The zero-order valence-corrected chi connectivity index (χ0v) is 12.3. The molecule has 0 spiro atoms. The minimum atomic E-state index is 0.255. The second-order valence-corrected chi connectivity index (χ2v) is 5.09. The summed E-state index contributed by atoms with van der Waals surface area (Å²) in [6.07, 6.45) is 2.40. The van der Waals surface area contributed by atoms with Gasteiger partial charge in [-0.1, -0.05) is 37.3 Å². The molecule has 3 aromatic rings. The van der Waals surface area contributed by atoms with Crippen LogP contribution in [0.25, 0.3) is 5.78 Å². The number of nitrogens with one attached hydrogen (secondary N) is 1. The lowest BCUT2D eigenvalue weighted by molar-refractivity contribution is 0.537. The van der Waals surface area contributed by atoms with Crippen molar-refractivity contribution in [1.29, 1.82) is 0 Å². The first kappa shape index (κ1) is 13.7. The van der Waals surface area contributed by atoms with Crippen molar-refractivity contribution in [2.75, 3.05) is 6.54 Å². The quantitative estimate of drug-likeness (QED) is 0.780. The van der Waals surface area contributed by atoms with Crippen molar-refractivity contribution in [3.8, 4) is 0 Å². The number of benzene rings is 1. The highest BCUT2D eigenvalue weighted by atomic mass is 15.3. The normalized spacial score (nSPS) is 12.7. The fraction of sp³-hybridized carbons (Fsp3) is 0.312. The molecular weight excluding hydrogens is 262 g/mol. The van der Waals surface area contributed by atoms with Crippen LogP contribution in [0.5, 0.6) is 0 Å². The molecule has 108 valence electrons. The summed E-state index contributed by atoms with van der Waals surface area (Å²) in [6.45, 7) is 5.03. The first-order chi connectivity index (χ1) is 10.3. The number of rotatable bonds is 5. The van der Waals surface area contributed by atoms with Gasteiger partial charge in [0, 0.05) is 23.9 Å². The fourth-order valence-corrected chi connectivity index (χ4v) is 2.60. The summed E-state index contributed by atoms with van der Waals surface area (Å²) in [4.78, 5) is 8.58. The molecule has 1 atom stereocenters. The van der Waals surface area contributed by atoms with Gasteiger partial charge in [0.1, 0.15) is 6.33 Å². The lowest BCUT2D eigenvalue weighted by Gasteiger charge is -2.19. The Morgan fingerprint density at radius 2 is 2.05 bits per heavy atom. The van der Waals surface area contributed by atoms with Crippen LogP contribution in [0, 0.1) is 6.92 Å². The summed E-state index contributed by atoms with van der Waals surface area (Å²) in [5.74, 6) is 0.660. The molecule has 0 fully saturated rings. The van der Waals surface area contributed by atoms with Gasteiger partial charge in [-0.2, -0.15) is 10.1 Å². The van der Waals surface area contributed by atoms with Gasteiger partial charge in [0.15, 0.2) is 0 Å². The minimum Gasteiger partial charge on any atom is -0.310 e. The monoisotopic (exact) mass is 281 g/mol. The van der Waals surface area contributed by atoms with Crippen LogP contribution in [0.15, 0.2) is 42.7 Å². The molecule has 3 rings (SSSR count). The topological polar surface area (TPSA) is 55.1 Å². The molecule has 2 aromatic heterocycles. The van der Waals surface area contributed by atoms with E-state index in [1.54, 1.807) is 6.33 Å². The van der Waals surface area contributed by atoms with Crippen molar-refractivity contribution in [3.63, 3.8) is 0 Å². The van der Waals surface area contributed by atoms with E-state index in [2.05, 4.69) is 57.6 Å². The molecule has 1 unspecified atom stereocenters. The highest BCUT2D eigenvalue weighted by molar-refractivity contribution is 5.31. The van der Waals surface area contributed by atoms with Crippen LogP contribution in [0.3, 0.4) is 0 Å². The molecule has 0 saturated carbocycles. The van der Waals surface area contributed by atoms with Crippen LogP contribution in [0.4, 0.5) is 0 Å². The highest BCUT2D eigenvalue weighted by Crippen LogP contribution is 2.18. The summed E-state index contributed by atoms with van der Waals surface area (Å²) in [7, 11) is 0. The van der Waals surface area contributed by atoms with E-state index in [4.69, 9.17) is 0 Å². The third-order valence-electron chi connectivity index (χ3n) is 3.52. The molecule has 0 aliphatic rings. The van der Waals surface area contributed by atoms with E-state index in [0.717, 1.165) is 24.4 Å². The van der Waals surface area contributed by atoms with Crippen LogP contribution in [0.2, 0.25) is 0 Å². The van der Waals surface area contributed by atoms with E-state index < -0.39 is 0 Å². The Bertz CT molecular complexity index is 720. The lowest BCUT2D eigenvalue weighted by Crippen LogP contribution is -2.24. The molecule has 0 saturated heterocycles. The molecule has 2 heterocycles. The molecule has 0 radical (unpaired) electrons. The SMILES string of the molecule is CCNC(Cc1cc(C)nc2ncnn12)c1ccccc1. The van der Waals surface area contributed by atoms with Gasteiger partial charge in [-0.05, 0) is 25.1 Å². The van der Waals surface area contributed by atoms with Crippen molar-refractivity contribution in [3.05, 3.63) is 59.7 Å². The van der Waals surface area contributed by atoms with Gasteiger partial charge in [-0.25, -0.2) is 9.50 Å². The first-order valence-electron chi connectivity index (χ1n) is 7.22. The predicted molar refractivity (Wildman–Crippen MR) is 82.1 cm³/mol. The molecule has 5 nitrogen and oxygen atoms in total. The number of aromatic nitrogens is 4. The summed E-state index contributed by atoms with van der Waals surface area (Å²) in [5, 5.41) is 7.82. The number of likely N-dealkylation sites (N-methyl/N-ethyl adjacent to an activating group) is 1. The van der Waals surface area contributed by atoms with Gasteiger partial charge in [-0.3, -0.25) is 0 Å². The van der Waals surface area contributed by atoms with Crippen molar-refractivity contribution in [2.24, 2.45) is 0 Å². The van der Waals surface area contributed by atoms with Gasteiger partial charge in [0.2, 0.25) is 0 Å². The molecule has 21 heavy (non-hydrogen) atoms. The largest absolute Gasteiger partial charge is 0.310 e. The van der Waals surface area contributed by atoms with E-state index in [1.807, 2.05) is 17.5 Å². The molecular formula is C16H19N5. The van der Waals surface area contributed by atoms with Gasteiger partial charge < -0.3 is 5.32 Å². The number of hydrogen-bond donors (Lipinski definition) is 1. The van der Waals surface area contributed by atoms with Crippen LogP contribution in [-0.4, -0.2) is 26.1 Å². The van der Waals surface area contributed by atoms with E-state index in [0.29, 0.717) is 5.78 Å². The Morgan fingerprint density at radius 1 is 1.24 bits per heavy atom. The van der Waals surface area contributed by atoms with Crippen molar-refractivity contribution in [2.45, 2.75) is 26.3 Å². The second kappa shape index (κ2) is 6.01. The molecule has 0 aliphatic carbocycles. The summed E-state index contributed by atoms with van der Waals surface area (Å²) < 4.78 is 1.82. The average molecular weight is 281 g/mol. The number of hydrogen-bond acceptors (Lipinski definition) is 4. The van der Waals surface area contributed by atoms with E-state index in [9.17, 15) is 0 Å². The molecule has 1 N–H and O–H groups in total. The third kappa shape index (κ3) is 2.92. The molecule has 0 aliphatic heterocycles. The van der Waals surface area contributed by atoms with Gasteiger partial charge in [0.05, 0.1) is 0 Å². The molecule has 0 bridgehead atoms. The Balaban J connectivity index is 1.96. The van der Waals surface area contributed by atoms with E-state index >= 15 is 0 Å². The predicted octanol–water partition coefficient (Wildman–Crippen LogP) is 2.33. The van der Waals surface area contributed by atoms with Gasteiger partial charge >= 0.3 is 0 Å². The standard InChI is InChI=1S/C16H19N5/c1-3-17-15(13-7-5-4-6-8-13)10-14-9-12(2)20-16-18-11-19-21(14)16/h4-9,11,15,17H,3,10H2,1-2H3. The lowest BCUT2D eigenvalue weighted by atomic mass is 10.0. The summed E-state index contributed by atoms with van der Waals surface area (Å²) in [5.41, 5.74) is 3.36. The molecule has 5 heteroatoms. The Labute approximate surface area is 124 Å². The Hall–Kier alpha value is -2.27. The maximum Gasteiger partial charge on any atom is 0.252 e. The molecule has 1 aromatic carbocycles. The van der Waals surface area contributed by atoms with Crippen LogP contribution in [0.1, 0.15) is 29.9 Å². The van der Waals surface area contributed by atoms with Crippen molar-refractivity contribution in [1.82, 2.24) is 24.9 Å². The first-order valence-corrected chi connectivity index (χ1v) is 7.22. The molecule has 0 amide bonds. The van der Waals surface area contributed by atoms with E-state index in [1.165, 1.54) is 5.56 Å². The smallest absolute Gasteiger partial charge is 0.252 e. The number of nitrogens with zero attached hydrogens (tertiary/aromatic N) is 4. The maximum absolute atomic E-state index is 4.39. The van der Waals surface area contributed by atoms with Crippen LogP contribution < -0.4 is 5.32 Å². The summed E-state index contributed by atoms with van der Waals surface area (Å²) in [6, 6.07) is 12.8. The Kier molecular flexibility index (Phi) is 3.92. The number of fused-ring (bicyclic) bond motifs is 1. The zero-order valence-electron chi connectivity index (χ0n) is 12.3. The van der Waals surface area contributed by atoms with E-state index in [-0.39, 0.29) is 6.04 Å². The highest BCUT2D eigenvalue weighted by Gasteiger charge is 2.14. The van der Waals surface area contributed by atoms with Crippen molar-refractivity contribution < 1.29 is 0 Å². The fourth-order valence-electron chi connectivity index (χ4n) is 2.60.